The van der Waals surface area contributed by atoms with Gasteiger partial charge >= 0.3 is 5.97 Å². The monoisotopic (exact) mass is 502 g/mol. The number of halogens is 2. The van der Waals surface area contributed by atoms with Crippen LogP contribution in [0.25, 0.3) is 11.1 Å². The number of aromatic nitrogens is 1. The van der Waals surface area contributed by atoms with Gasteiger partial charge in [0.15, 0.2) is 0 Å². The number of aromatic carboxylic acids is 1. The largest absolute Gasteiger partial charge is 0.478 e. The summed E-state index contributed by atoms with van der Waals surface area (Å²) in [5.41, 5.74) is 6.03. The smallest absolute Gasteiger partial charge is 0.335 e. The summed E-state index contributed by atoms with van der Waals surface area (Å²) in [7, 11) is 0. The Hall–Kier alpha value is -4.03. The van der Waals surface area contributed by atoms with Gasteiger partial charge in [0.25, 0.3) is 0 Å². The Morgan fingerprint density at radius 1 is 1.00 bits per heavy atom. The molecule has 0 aliphatic heterocycles. The molecule has 0 radical (unpaired) electrons. The van der Waals surface area contributed by atoms with Gasteiger partial charge in [-0.3, -0.25) is 4.98 Å². The van der Waals surface area contributed by atoms with Crippen LogP contribution in [-0.4, -0.2) is 27.0 Å². The minimum atomic E-state index is -0.974. The Kier molecular flexibility index (Phi) is 7.46. The molecular formula is C29H24ClFN2O3. The van der Waals surface area contributed by atoms with Gasteiger partial charge in [-0.1, -0.05) is 53.2 Å². The molecule has 0 bridgehead atoms. The molecule has 4 aromatic rings. The van der Waals surface area contributed by atoms with Crippen LogP contribution in [0, 0.1) is 19.7 Å². The zero-order valence-electron chi connectivity index (χ0n) is 19.7. The highest BCUT2D eigenvalue weighted by Crippen LogP contribution is 2.34. The number of carbonyl (C=O) groups is 1. The number of benzene rings is 3. The average Bonchev–Trinajstić information content (AvgIpc) is 2.85. The van der Waals surface area contributed by atoms with E-state index < -0.39 is 17.7 Å². The van der Waals surface area contributed by atoms with Crippen molar-refractivity contribution in [3.05, 3.63) is 123 Å². The van der Waals surface area contributed by atoms with Crippen molar-refractivity contribution in [2.24, 2.45) is 5.16 Å². The quantitative estimate of drug-likeness (QED) is 0.158. The fourth-order valence-corrected chi connectivity index (χ4v) is 4.50. The summed E-state index contributed by atoms with van der Waals surface area (Å²) in [4.78, 5) is 15.5. The molecule has 7 heteroatoms. The van der Waals surface area contributed by atoms with Crippen LogP contribution in [0.1, 0.15) is 50.6 Å². The van der Waals surface area contributed by atoms with Crippen LogP contribution in [0.4, 0.5) is 4.39 Å². The van der Waals surface area contributed by atoms with Crippen LogP contribution >= 0.6 is 11.6 Å². The number of nitrogens with zero attached hydrogens (tertiary/aromatic N) is 2. The van der Waals surface area contributed by atoms with E-state index in [0.29, 0.717) is 21.9 Å². The van der Waals surface area contributed by atoms with Crippen molar-refractivity contribution < 1.29 is 19.5 Å². The predicted molar refractivity (Wildman–Crippen MR) is 139 cm³/mol. The van der Waals surface area contributed by atoms with Gasteiger partial charge < -0.3 is 10.3 Å². The van der Waals surface area contributed by atoms with E-state index in [9.17, 15) is 15.1 Å². The lowest BCUT2D eigenvalue weighted by molar-refractivity contribution is 0.0697. The maximum atomic E-state index is 15.1. The molecule has 0 saturated heterocycles. The van der Waals surface area contributed by atoms with Gasteiger partial charge in [-0.25, -0.2) is 9.18 Å². The first kappa shape index (κ1) is 25.1. The minimum absolute atomic E-state index is 0.230. The fraction of sp³-hybridized carbons (Fsp3) is 0.138. The normalized spacial score (nSPS) is 12.4. The molecule has 0 aliphatic rings. The molecule has 0 aliphatic carbocycles. The molecule has 0 fully saturated rings. The molecule has 1 heterocycles. The van der Waals surface area contributed by atoms with Gasteiger partial charge in [-0.05, 0) is 78.1 Å². The van der Waals surface area contributed by atoms with Crippen molar-refractivity contribution in [2.75, 3.05) is 0 Å². The molecule has 1 atom stereocenters. The van der Waals surface area contributed by atoms with E-state index in [-0.39, 0.29) is 12.0 Å². The van der Waals surface area contributed by atoms with E-state index in [1.807, 2.05) is 44.2 Å². The highest BCUT2D eigenvalue weighted by atomic mass is 35.5. The second-order valence-electron chi connectivity index (χ2n) is 8.61. The standard InChI is InChI=1S/C29H24ClFN2O3/c1-17-13-22(29(34)35)7-9-24(17)19-3-5-20(6-4-19)26(25-10-8-23(30)15-27(25)31)16-28(33-36)21-11-12-32-18(2)14-21/h3-15,26,36H,16H2,1-2H3,(H,34,35)/b33-28+. The summed E-state index contributed by atoms with van der Waals surface area (Å²) in [6, 6.07) is 20.8. The lowest BCUT2D eigenvalue weighted by Crippen LogP contribution is -2.12. The summed E-state index contributed by atoms with van der Waals surface area (Å²) in [6.45, 7) is 3.71. The zero-order valence-corrected chi connectivity index (χ0v) is 20.5. The fourth-order valence-electron chi connectivity index (χ4n) is 4.34. The third kappa shape index (κ3) is 5.44. The van der Waals surface area contributed by atoms with Crippen LogP contribution in [0.15, 0.2) is 84.1 Å². The van der Waals surface area contributed by atoms with E-state index in [1.165, 1.54) is 6.07 Å². The topological polar surface area (TPSA) is 82.8 Å². The van der Waals surface area contributed by atoms with Gasteiger partial charge in [0, 0.05) is 34.8 Å². The van der Waals surface area contributed by atoms with Crippen molar-refractivity contribution >= 4 is 23.3 Å². The summed E-state index contributed by atoms with van der Waals surface area (Å²) in [5.74, 6) is -1.87. The van der Waals surface area contributed by atoms with E-state index in [4.69, 9.17) is 11.6 Å². The average molecular weight is 503 g/mol. The van der Waals surface area contributed by atoms with Crippen molar-refractivity contribution in [3.8, 4) is 11.1 Å². The van der Waals surface area contributed by atoms with Gasteiger partial charge in [0.2, 0.25) is 0 Å². The molecule has 0 saturated carbocycles. The van der Waals surface area contributed by atoms with Crippen molar-refractivity contribution in [1.29, 1.82) is 0 Å². The minimum Gasteiger partial charge on any atom is -0.478 e. The van der Waals surface area contributed by atoms with Crippen molar-refractivity contribution in [3.63, 3.8) is 0 Å². The Morgan fingerprint density at radius 3 is 2.36 bits per heavy atom. The number of carboxylic acid groups (broad SMARTS) is 1. The molecule has 4 rings (SSSR count). The van der Waals surface area contributed by atoms with Gasteiger partial charge in [0.1, 0.15) is 5.82 Å². The third-order valence-electron chi connectivity index (χ3n) is 6.18. The number of rotatable bonds is 7. The van der Waals surface area contributed by atoms with Crippen LogP contribution in [-0.2, 0) is 0 Å². The second kappa shape index (κ2) is 10.7. The molecule has 1 unspecified atom stereocenters. The highest BCUT2D eigenvalue weighted by Gasteiger charge is 2.22. The number of oxime groups is 1. The number of hydrogen-bond acceptors (Lipinski definition) is 4. The van der Waals surface area contributed by atoms with E-state index in [1.54, 1.807) is 42.6 Å². The van der Waals surface area contributed by atoms with E-state index in [2.05, 4.69) is 10.1 Å². The number of pyridine rings is 1. The first-order chi connectivity index (χ1) is 17.3. The molecule has 0 amide bonds. The second-order valence-corrected chi connectivity index (χ2v) is 9.05. The first-order valence-corrected chi connectivity index (χ1v) is 11.7. The predicted octanol–water partition coefficient (Wildman–Crippen LogP) is 7.26. The highest BCUT2D eigenvalue weighted by molar-refractivity contribution is 6.30. The molecular weight excluding hydrogens is 479 g/mol. The van der Waals surface area contributed by atoms with Crippen LogP contribution in [0.5, 0.6) is 0 Å². The number of hydrogen-bond donors (Lipinski definition) is 2. The summed E-state index contributed by atoms with van der Waals surface area (Å²) < 4.78 is 15.1. The first-order valence-electron chi connectivity index (χ1n) is 11.3. The summed E-state index contributed by atoms with van der Waals surface area (Å²) >= 11 is 6.00. The molecule has 3 aromatic carbocycles. The van der Waals surface area contributed by atoms with Crippen molar-refractivity contribution in [1.82, 2.24) is 4.98 Å². The Bertz CT molecular complexity index is 1450. The molecule has 1 aromatic heterocycles. The van der Waals surface area contributed by atoms with Crippen LogP contribution in [0.2, 0.25) is 5.02 Å². The Balaban J connectivity index is 1.74. The molecule has 5 nitrogen and oxygen atoms in total. The summed E-state index contributed by atoms with van der Waals surface area (Å²) in [6.07, 6.45) is 1.88. The maximum Gasteiger partial charge on any atom is 0.335 e. The molecule has 0 spiro atoms. The lowest BCUT2D eigenvalue weighted by Gasteiger charge is -2.20. The van der Waals surface area contributed by atoms with Crippen LogP contribution < -0.4 is 0 Å². The van der Waals surface area contributed by atoms with Crippen LogP contribution in [0.3, 0.4) is 0 Å². The molecule has 36 heavy (non-hydrogen) atoms. The Labute approximate surface area is 213 Å². The van der Waals surface area contributed by atoms with E-state index in [0.717, 1.165) is 27.9 Å². The maximum absolute atomic E-state index is 15.1. The number of aryl methyl sites for hydroxylation is 2. The van der Waals surface area contributed by atoms with Gasteiger partial charge in [0.05, 0.1) is 11.3 Å². The Morgan fingerprint density at radius 2 is 1.75 bits per heavy atom. The van der Waals surface area contributed by atoms with E-state index >= 15 is 4.39 Å². The number of carboxylic acids is 1. The van der Waals surface area contributed by atoms with Gasteiger partial charge in [-0.2, -0.15) is 0 Å². The van der Waals surface area contributed by atoms with Crippen molar-refractivity contribution in [2.45, 2.75) is 26.2 Å². The summed E-state index contributed by atoms with van der Waals surface area (Å²) in [5, 5.41) is 22.9. The third-order valence-corrected chi connectivity index (χ3v) is 6.42. The molecule has 182 valence electrons. The zero-order chi connectivity index (χ0) is 25.8. The lowest BCUT2D eigenvalue weighted by atomic mass is 9.84. The SMILES string of the molecule is Cc1cc(/C(CC(c2ccc(-c3ccc(C(=O)O)cc3C)cc2)c2ccc(Cl)cc2F)=N/O)ccn1. The molecule has 2 N–H and O–H groups in total. The van der Waals surface area contributed by atoms with Gasteiger partial charge in [-0.15, -0.1) is 0 Å².